The summed E-state index contributed by atoms with van der Waals surface area (Å²) in [6.45, 7) is 2.87. The van der Waals surface area contributed by atoms with E-state index in [2.05, 4.69) is 38.1 Å². The van der Waals surface area contributed by atoms with Crippen molar-refractivity contribution in [2.45, 2.75) is 13.3 Å². The molecule has 0 aliphatic carbocycles. The maximum atomic E-state index is 13.4. The summed E-state index contributed by atoms with van der Waals surface area (Å²) in [4.78, 5) is 8.25. The molecular formula is C13H13BrFN3O. The van der Waals surface area contributed by atoms with Crippen LogP contribution in [0.5, 0.6) is 11.6 Å². The quantitative estimate of drug-likeness (QED) is 0.902. The van der Waals surface area contributed by atoms with Crippen LogP contribution in [0.15, 0.2) is 35.1 Å². The number of ether oxygens (including phenoxy) is 1. The van der Waals surface area contributed by atoms with Crippen molar-refractivity contribution in [2.24, 2.45) is 0 Å². The largest absolute Gasteiger partial charge is 0.437 e. The van der Waals surface area contributed by atoms with Gasteiger partial charge in [0.15, 0.2) is 0 Å². The average molecular weight is 326 g/mol. The zero-order valence-electron chi connectivity index (χ0n) is 10.4. The van der Waals surface area contributed by atoms with Crippen molar-refractivity contribution >= 4 is 21.7 Å². The van der Waals surface area contributed by atoms with E-state index in [9.17, 15) is 4.39 Å². The molecule has 6 heteroatoms. The lowest BCUT2D eigenvalue weighted by atomic mass is 10.3. The maximum absolute atomic E-state index is 13.4. The molecule has 1 N–H and O–H groups in total. The lowest BCUT2D eigenvalue weighted by Gasteiger charge is -2.07. The van der Waals surface area contributed by atoms with E-state index >= 15 is 0 Å². The molecule has 0 aliphatic heterocycles. The molecule has 2 rings (SSSR count). The Morgan fingerprint density at radius 1 is 1.37 bits per heavy atom. The van der Waals surface area contributed by atoms with Gasteiger partial charge in [-0.1, -0.05) is 6.92 Å². The summed E-state index contributed by atoms with van der Waals surface area (Å²) < 4.78 is 19.2. The van der Waals surface area contributed by atoms with Gasteiger partial charge in [0.05, 0.1) is 16.9 Å². The van der Waals surface area contributed by atoms with Gasteiger partial charge >= 0.3 is 0 Å². The second-order valence-corrected chi connectivity index (χ2v) is 4.70. The van der Waals surface area contributed by atoms with Crippen LogP contribution in [-0.2, 0) is 0 Å². The highest BCUT2D eigenvalue weighted by molar-refractivity contribution is 9.10. The Hall–Kier alpha value is -1.69. The lowest BCUT2D eigenvalue weighted by molar-refractivity contribution is 0.455. The maximum Gasteiger partial charge on any atom is 0.239 e. The van der Waals surface area contributed by atoms with Gasteiger partial charge in [-0.3, -0.25) is 4.98 Å². The fourth-order valence-electron chi connectivity index (χ4n) is 1.40. The molecule has 0 radical (unpaired) electrons. The minimum atomic E-state index is -0.384. The zero-order valence-corrected chi connectivity index (χ0v) is 11.9. The van der Waals surface area contributed by atoms with Crippen molar-refractivity contribution in [2.75, 3.05) is 11.9 Å². The van der Waals surface area contributed by atoms with Crippen molar-refractivity contribution in [1.82, 2.24) is 9.97 Å². The third-order valence-electron chi connectivity index (χ3n) is 2.28. The third kappa shape index (κ3) is 3.89. The molecule has 100 valence electrons. The first kappa shape index (κ1) is 13.7. The van der Waals surface area contributed by atoms with Crippen molar-refractivity contribution in [3.05, 3.63) is 40.9 Å². The topological polar surface area (TPSA) is 47.0 Å². The van der Waals surface area contributed by atoms with Gasteiger partial charge in [-0.05, 0) is 34.5 Å². The number of hydrogen-bond acceptors (Lipinski definition) is 4. The monoisotopic (exact) mass is 325 g/mol. The number of hydrogen-bond donors (Lipinski definition) is 1. The van der Waals surface area contributed by atoms with E-state index in [1.165, 1.54) is 12.3 Å². The molecule has 0 bridgehead atoms. The molecule has 1 aromatic carbocycles. The number of halogens is 2. The molecular weight excluding hydrogens is 313 g/mol. The van der Waals surface area contributed by atoms with E-state index in [0.29, 0.717) is 21.9 Å². The normalized spacial score (nSPS) is 10.3. The van der Waals surface area contributed by atoms with Crippen LogP contribution in [0, 0.1) is 5.82 Å². The van der Waals surface area contributed by atoms with Crippen LogP contribution < -0.4 is 10.1 Å². The summed E-state index contributed by atoms with van der Waals surface area (Å²) in [5.74, 6) is 0.952. The summed E-state index contributed by atoms with van der Waals surface area (Å²) in [7, 11) is 0. The van der Waals surface area contributed by atoms with Crippen molar-refractivity contribution < 1.29 is 9.13 Å². The Labute approximate surface area is 119 Å². The minimum Gasteiger partial charge on any atom is -0.437 e. The molecule has 1 aromatic heterocycles. The van der Waals surface area contributed by atoms with E-state index in [1.807, 2.05) is 0 Å². The van der Waals surface area contributed by atoms with Gasteiger partial charge in [-0.2, -0.15) is 4.98 Å². The average Bonchev–Trinajstić information content (AvgIpc) is 2.41. The molecule has 1 heterocycles. The number of anilines is 1. The molecule has 0 saturated heterocycles. The predicted molar refractivity (Wildman–Crippen MR) is 75.0 cm³/mol. The van der Waals surface area contributed by atoms with Crippen molar-refractivity contribution in [3.63, 3.8) is 0 Å². The van der Waals surface area contributed by atoms with Gasteiger partial charge in [0.1, 0.15) is 17.4 Å². The van der Waals surface area contributed by atoms with E-state index < -0.39 is 0 Å². The molecule has 0 amide bonds. The summed E-state index contributed by atoms with van der Waals surface area (Å²) in [5, 5.41) is 3.11. The van der Waals surface area contributed by atoms with E-state index in [1.54, 1.807) is 18.3 Å². The number of rotatable bonds is 5. The minimum absolute atomic E-state index is 0.322. The van der Waals surface area contributed by atoms with Crippen LogP contribution in [0.4, 0.5) is 10.2 Å². The Morgan fingerprint density at radius 3 is 2.95 bits per heavy atom. The number of nitrogens with zero attached hydrogens (tertiary/aromatic N) is 2. The Morgan fingerprint density at radius 2 is 2.21 bits per heavy atom. The number of nitrogens with one attached hydrogen (secondary N) is 1. The van der Waals surface area contributed by atoms with Crippen LogP contribution in [0.25, 0.3) is 0 Å². The Kier molecular flexibility index (Phi) is 4.68. The molecule has 0 aliphatic rings. The SMILES string of the molecule is CCCNc1cncc(Oc2ccc(Br)c(F)c2)n1. The molecule has 0 unspecified atom stereocenters. The van der Waals surface area contributed by atoms with Gasteiger partial charge in [0, 0.05) is 12.6 Å². The van der Waals surface area contributed by atoms with Gasteiger partial charge in [0.2, 0.25) is 5.88 Å². The van der Waals surface area contributed by atoms with Crippen molar-refractivity contribution in [3.8, 4) is 11.6 Å². The Balaban J connectivity index is 2.11. The summed E-state index contributed by atoms with van der Waals surface area (Å²) in [5.41, 5.74) is 0. The molecule has 0 fully saturated rings. The standard InChI is InChI=1S/C13H13BrFN3O/c1-2-5-17-12-7-16-8-13(18-12)19-9-3-4-10(14)11(15)6-9/h3-4,6-8H,2,5H2,1H3,(H,17,18). The van der Waals surface area contributed by atoms with Gasteiger partial charge < -0.3 is 10.1 Å². The predicted octanol–water partition coefficient (Wildman–Crippen LogP) is 3.99. The molecule has 2 aromatic rings. The third-order valence-corrected chi connectivity index (χ3v) is 2.93. The molecule has 0 atom stereocenters. The second-order valence-electron chi connectivity index (χ2n) is 3.85. The fourth-order valence-corrected chi connectivity index (χ4v) is 1.64. The molecule has 0 saturated carbocycles. The highest BCUT2D eigenvalue weighted by atomic mass is 79.9. The molecule has 19 heavy (non-hydrogen) atoms. The van der Waals surface area contributed by atoms with Gasteiger partial charge in [0.25, 0.3) is 0 Å². The van der Waals surface area contributed by atoms with E-state index in [0.717, 1.165) is 13.0 Å². The summed E-state index contributed by atoms with van der Waals surface area (Å²) >= 11 is 3.09. The van der Waals surface area contributed by atoms with Gasteiger partial charge in [-0.25, -0.2) is 4.39 Å². The second kappa shape index (κ2) is 6.47. The highest BCUT2D eigenvalue weighted by Gasteiger charge is 2.04. The first-order valence-electron chi connectivity index (χ1n) is 5.88. The zero-order chi connectivity index (χ0) is 13.7. The lowest BCUT2D eigenvalue weighted by Crippen LogP contribution is -2.03. The van der Waals surface area contributed by atoms with E-state index in [-0.39, 0.29) is 5.82 Å². The first-order valence-corrected chi connectivity index (χ1v) is 6.67. The molecule has 4 nitrogen and oxygen atoms in total. The van der Waals surface area contributed by atoms with Crippen LogP contribution in [0.3, 0.4) is 0 Å². The van der Waals surface area contributed by atoms with E-state index in [4.69, 9.17) is 4.74 Å². The fraction of sp³-hybridized carbons (Fsp3) is 0.231. The summed E-state index contributed by atoms with van der Waals surface area (Å²) in [6.07, 6.45) is 4.09. The highest BCUT2D eigenvalue weighted by Crippen LogP contribution is 2.24. The first-order chi connectivity index (χ1) is 9.19. The number of benzene rings is 1. The Bertz CT molecular complexity index is 565. The van der Waals surface area contributed by atoms with Crippen LogP contribution in [0.2, 0.25) is 0 Å². The molecule has 0 spiro atoms. The van der Waals surface area contributed by atoms with Crippen molar-refractivity contribution in [1.29, 1.82) is 0 Å². The van der Waals surface area contributed by atoms with Crippen LogP contribution in [-0.4, -0.2) is 16.5 Å². The van der Waals surface area contributed by atoms with Gasteiger partial charge in [-0.15, -0.1) is 0 Å². The van der Waals surface area contributed by atoms with Crippen LogP contribution in [0.1, 0.15) is 13.3 Å². The number of aromatic nitrogens is 2. The van der Waals surface area contributed by atoms with Crippen LogP contribution >= 0.6 is 15.9 Å². The smallest absolute Gasteiger partial charge is 0.239 e. The summed E-state index contributed by atoms with van der Waals surface area (Å²) in [6, 6.07) is 4.52.